The summed E-state index contributed by atoms with van der Waals surface area (Å²) in [5, 5.41) is 50.2. The standard InChI is InChI=1S/C48H39N13O15S3/c49-35-19-28(51-22-43(62)63)9-12-37(35)58-55-30-3-1-24-15-41(78(71,72)73)45(47(66)33(24)17-30)60-54-27-7-5-26(6-8-27)53-39-14-11-32(21-40(39)77(68,69)70)57-61-46-42(79(74,75)76)16-25-2-4-31(18-34(25)48(46)67)56-59-38-13-10-29(20-36(38)50)52-23-44(64)65/h1-21,51-54,57H,22-23,49-50H2,(H,62,63)(H,64,65)(H,68,69,70)(H,71,72,73)(H,74,75,76)/b58-55?,59-56?,60-45-,61-46+. The molecule has 6 aromatic carbocycles. The predicted molar refractivity (Wildman–Crippen MR) is 291 cm³/mol. The van der Waals surface area contributed by atoms with Crippen molar-refractivity contribution in [2.24, 2.45) is 30.7 Å². The van der Waals surface area contributed by atoms with E-state index in [9.17, 15) is 58.1 Å². The molecule has 0 heterocycles. The molecular formula is C48H39N13O15S3. The minimum Gasteiger partial charge on any atom is -0.480 e. The van der Waals surface area contributed by atoms with E-state index < -0.39 is 80.0 Å². The third-order valence-corrected chi connectivity index (χ3v) is 13.7. The molecule has 28 nitrogen and oxygen atoms in total. The van der Waals surface area contributed by atoms with Crippen molar-refractivity contribution in [3.8, 4) is 0 Å². The minimum absolute atomic E-state index is 0.0542. The number of rotatable bonds is 19. The number of ketones is 2. The van der Waals surface area contributed by atoms with Crippen LogP contribution in [0, 0.1) is 0 Å². The lowest BCUT2D eigenvalue weighted by molar-refractivity contribution is -0.135. The summed E-state index contributed by atoms with van der Waals surface area (Å²) in [5.74, 6) is -4.11. The van der Waals surface area contributed by atoms with Gasteiger partial charge in [-0.25, -0.2) is 0 Å². The zero-order chi connectivity index (χ0) is 57.0. The van der Waals surface area contributed by atoms with Crippen molar-refractivity contribution in [3.63, 3.8) is 0 Å². The first-order valence-electron chi connectivity index (χ1n) is 22.3. The Bertz CT molecular complexity index is 4110. The number of aliphatic carboxylic acids is 2. The Morgan fingerprint density at radius 2 is 0.899 bits per heavy atom. The molecule has 0 unspecified atom stereocenters. The molecule has 79 heavy (non-hydrogen) atoms. The van der Waals surface area contributed by atoms with Gasteiger partial charge in [-0.15, -0.1) is 10.2 Å². The van der Waals surface area contributed by atoms with Gasteiger partial charge in [0.1, 0.15) is 39.2 Å². The molecular weight excluding hydrogens is 1090 g/mol. The maximum Gasteiger partial charge on any atom is 0.322 e. The maximum atomic E-state index is 13.8. The first-order valence-corrected chi connectivity index (χ1v) is 26.6. The van der Waals surface area contributed by atoms with Gasteiger partial charge in [-0.2, -0.15) is 45.7 Å². The number of carboxylic acid groups (broad SMARTS) is 2. The average molecular weight is 1130 g/mol. The van der Waals surface area contributed by atoms with Crippen molar-refractivity contribution in [1.82, 2.24) is 0 Å². The molecule has 0 radical (unpaired) electrons. The van der Waals surface area contributed by atoms with E-state index >= 15 is 0 Å². The highest BCUT2D eigenvalue weighted by atomic mass is 32.2. The number of nitrogen functional groups attached to an aromatic ring is 2. The Morgan fingerprint density at radius 3 is 1.32 bits per heavy atom. The van der Waals surface area contributed by atoms with Gasteiger partial charge < -0.3 is 37.6 Å². The van der Waals surface area contributed by atoms with Crippen LogP contribution in [-0.4, -0.2) is 97.1 Å². The summed E-state index contributed by atoms with van der Waals surface area (Å²) in [6, 6.07) is 25.9. The lowest BCUT2D eigenvalue weighted by Crippen LogP contribution is -2.27. The number of carbonyl (C=O) groups is 4. The number of hydrogen-bond acceptors (Lipinski definition) is 23. The summed E-state index contributed by atoms with van der Waals surface area (Å²) >= 11 is 0. The van der Waals surface area contributed by atoms with E-state index in [1.807, 2.05) is 0 Å². The van der Waals surface area contributed by atoms with Crippen LogP contribution >= 0.6 is 0 Å². The first kappa shape index (κ1) is 55.2. The molecule has 0 saturated carbocycles. The lowest BCUT2D eigenvalue weighted by atomic mass is 9.94. The molecule has 31 heteroatoms. The predicted octanol–water partition coefficient (Wildman–Crippen LogP) is 7.45. The van der Waals surface area contributed by atoms with Crippen LogP contribution in [0.2, 0.25) is 0 Å². The van der Waals surface area contributed by atoms with E-state index in [-0.39, 0.29) is 92.2 Å². The Kier molecular flexibility index (Phi) is 15.6. The Hall–Kier alpha value is -10.1. The molecule has 404 valence electrons. The molecule has 14 N–H and O–H groups in total. The summed E-state index contributed by atoms with van der Waals surface area (Å²) in [5.41, 5.74) is 17.2. The topological polar surface area (TPSA) is 458 Å². The fourth-order valence-electron chi connectivity index (χ4n) is 7.38. The van der Waals surface area contributed by atoms with E-state index in [1.54, 1.807) is 0 Å². The van der Waals surface area contributed by atoms with E-state index in [2.05, 4.69) is 57.5 Å². The number of nitrogens with zero attached hydrogens (tertiary/aromatic N) is 6. The summed E-state index contributed by atoms with van der Waals surface area (Å²) < 4.78 is 106. The number of anilines is 8. The normalized spacial score (nSPS) is 14.6. The second-order valence-electron chi connectivity index (χ2n) is 16.6. The van der Waals surface area contributed by atoms with Crippen LogP contribution in [0.15, 0.2) is 161 Å². The molecule has 0 spiro atoms. The van der Waals surface area contributed by atoms with Crippen LogP contribution in [0.1, 0.15) is 31.8 Å². The average Bonchev–Trinajstić information content (AvgIpc) is 3.43. The highest BCUT2D eigenvalue weighted by Gasteiger charge is 2.35. The molecule has 0 fully saturated rings. The number of carbonyl (C=O) groups excluding carboxylic acids is 2. The number of nitrogens with one attached hydrogen (secondary N) is 5. The molecule has 8 rings (SSSR count). The number of azo groups is 2. The number of Topliss-reactive ketones (excluding diaryl/α,β-unsaturated/α-hetero) is 2. The number of fused-ring (bicyclic) bond motifs is 2. The van der Waals surface area contributed by atoms with Crippen LogP contribution in [0.4, 0.5) is 68.2 Å². The first-order chi connectivity index (χ1) is 37.3. The zero-order valence-electron chi connectivity index (χ0n) is 39.9. The van der Waals surface area contributed by atoms with Crippen molar-refractivity contribution >= 4 is 146 Å². The third-order valence-electron chi connectivity index (χ3n) is 11.1. The van der Waals surface area contributed by atoms with Gasteiger partial charge in [-0.3, -0.25) is 43.7 Å². The fraction of sp³-hybridized carbons (Fsp3) is 0.0417. The molecule has 0 aliphatic heterocycles. The molecule has 0 amide bonds. The lowest BCUT2D eigenvalue weighted by Gasteiger charge is -2.17. The van der Waals surface area contributed by atoms with Gasteiger partial charge in [0.15, 0.2) is 11.4 Å². The number of hydrogen-bond donors (Lipinski definition) is 12. The quantitative estimate of drug-likeness (QED) is 0.0162. The van der Waals surface area contributed by atoms with Crippen LogP contribution in [-0.2, 0) is 39.9 Å². The summed E-state index contributed by atoms with van der Waals surface area (Å²) in [6.07, 6.45) is 2.01. The molecule has 0 atom stereocenters. The van der Waals surface area contributed by atoms with Crippen LogP contribution in [0.5, 0.6) is 0 Å². The monoisotopic (exact) mass is 1130 g/mol. The van der Waals surface area contributed by atoms with Gasteiger partial charge in [0.2, 0.25) is 11.6 Å². The smallest absolute Gasteiger partial charge is 0.322 e. The van der Waals surface area contributed by atoms with E-state index in [4.69, 9.17) is 21.7 Å². The number of carboxylic acids is 2. The molecule has 2 aliphatic carbocycles. The molecule has 0 aromatic heterocycles. The fourth-order valence-corrected chi connectivity index (χ4v) is 9.37. The summed E-state index contributed by atoms with van der Waals surface area (Å²) in [7, 11) is -15.2. The maximum absolute atomic E-state index is 13.8. The highest BCUT2D eigenvalue weighted by Crippen LogP contribution is 2.35. The van der Waals surface area contributed by atoms with Gasteiger partial charge in [0.05, 0.1) is 39.8 Å². The van der Waals surface area contributed by atoms with Crippen molar-refractivity contribution in [3.05, 3.63) is 147 Å². The Balaban J connectivity index is 0.973. The number of nitrogens with two attached hydrogens (primary N) is 2. The van der Waals surface area contributed by atoms with Crippen molar-refractivity contribution in [1.29, 1.82) is 0 Å². The zero-order valence-corrected chi connectivity index (χ0v) is 42.4. The van der Waals surface area contributed by atoms with Gasteiger partial charge in [0, 0.05) is 28.2 Å². The van der Waals surface area contributed by atoms with E-state index in [0.29, 0.717) is 11.4 Å². The summed E-state index contributed by atoms with van der Waals surface area (Å²) in [6.45, 7) is -0.709. The highest BCUT2D eigenvalue weighted by molar-refractivity contribution is 7.91. The van der Waals surface area contributed by atoms with Crippen LogP contribution in [0.25, 0.3) is 12.2 Å². The Morgan fingerprint density at radius 1 is 0.481 bits per heavy atom. The van der Waals surface area contributed by atoms with Crippen LogP contribution < -0.4 is 38.3 Å². The van der Waals surface area contributed by atoms with E-state index in [1.165, 1.54) is 109 Å². The molecule has 0 bridgehead atoms. The molecule has 0 saturated heterocycles. The van der Waals surface area contributed by atoms with Crippen molar-refractivity contribution in [2.45, 2.75) is 4.90 Å². The third kappa shape index (κ3) is 13.3. The largest absolute Gasteiger partial charge is 0.480 e. The number of benzene rings is 6. The van der Waals surface area contributed by atoms with Crippen molar-refractivity contribution < 1.29 is 68.3 Å². The molecule has 6 aromatic rings. The van der Waals surface area contributed by atoms with Gasteiger partial charge in [0.25, 0.3) is 30.4 Å². The number of allylic oxidation sites excluding steroid dienone is 2. The van der Waals surface area contributed by atoms with Gasteiger partial charge >= 0.3 is 11.9 Å². The van der Waals surface area contributed by atoms with E-state index in [0.717, 1.165) is 18.2 Å². The van der Waals surface area contributed by atoms with Crippen LogP contribution in [0.3, 0.4) is 0 Å². The second kappa shape index (κ2) is 22.3. The summed E-state index contributed by atoms with van der Waals surface area (Å²) in [4.78, 5) is 46.9. The second-order valence-corrected chi connectivity index (χ2v) is 20.8. The molecule has 2 aliphatic rings. The van der Waals surface area contributed by atoms with Crippen molar-refractivity contribution in [2.75, 3.05) is 51.4 Å². The Labute approximate surface area is 446 Å². The SMILES string of the molecule is Nc1cc(NCC(=O)O)ccc1N=Nc1ccc2c(c1)C(=O)/C(=N/Nc1ccc(Nc3ccc(N/N=C4\C(=O)c5cc(N=Nc6ccc(NCC(=O)O)cc6N)ccc5C=C4S(=O)(=O)O)cc3)c(S(=O)(=O)O)c1)C(S(=O)(=O)O)=C2. The van der Waals surface area contributed by atoms with Gasteiger partial charge in [-0.1, -0.05) is 12.1 Å². The number of hydrazone groups is 2. The minimum atomic E-state index is -5.10. The van der Waals surface area contributed by atoms with Gasteiger partial charge in [-0.05, 0) is 126 Å².